The van der Waals surface area contributed by atoms with E-state index in [1.807, 2.05) is 0 Å². The Labute approximate surface area is 126 Å². The monoisotopic (exact) mass is 313 g/mol. The molecule has 6 heteroatoms. The van der Waals surface area contributed by atoms with Gasteiger partial charge in [0.25, 0.3) is 0 Å². The molecule has 0 unspecified atom stereocenters. The first-order chi connectivity index (χ1) is 9.92. The number of esters is 1. The van der Waals surface area contributed by atoms with Crippen molar-refractivity contribution in [3.8, 4) is 0 Å². The summed E-state index contributed by atoms with van der Waals surface area (Å²) in [7, 11) is 0. The normalized spacial score (nSPS) is 12.7. The molecule has 0 fully saturated rings. The molecule has 1 heterocycles. The summed E-state index contributed by atoms with van der Waals surface area (Å²) >= 11 is 0. The highest BCUT2D eigenvalue weighted by Gasteiger charge is 2.37. The van der Waals surface area contributed by atoms with Crippen LogP contribution in [0.1, 0.15) is 48.0 Å². The fourth-order valence-electron chi connectivity index (χ4n) is 2.47. The summed E-state index contributed by atoms with van der Waals surface area (Å²) < 4.78 is 45.5. The van der Waals surface area contributed by atoms with Gasteiger partial charge in [0, 0.05) is 16.6 Å². The standard InChI is InChI=1S/C16H18F3NO2/c1-8-6-7-10-12(13(8)16(17,18)19)11(9(2)20-10)14(21)22-15(3,4)5/h6-7,20H,1-5H3. The number of aromatic nitrogens is 1. The molecule has 22 heavy (non-hydrogen) atoms. The van der Waals surface area contributed by atoms with Crippen LogP contribution in [-0.2, 0) is 10.9 Å². The van der Waals surface area contributed by atoms with Crippen molar-refractivity contribution < 1.29 is 22.7 Å². The summed E-state index contributed by atoms with van der Waals surface area (Å²) in [5.41, 5.74) is -0.924. The third-order valence-electron chi connectivity index (χ3n) is 3.25. The van der Waals surface area contributed by atoms with Gasteiger partial charge in [-0.15, -0.1) is 0 Å². The average molecular weight is 313 g/mol. The molecule has 0 aliphatic carbocycles. The minimum absolute atomic E-state index is 0.0547. The number of carbonyl (C=O) groups is 1. The van der Waals surface area contributed by atoms with Gasteiger partial charge in [0.2, 0.25) is 0 Å². The second-order valence-electron chi connectivity index (χ2n) is 6.30. The zero-order valence-corrected chi connectivity index (χ0v) is 13.1. The van der Waals surface area contributed by atoms with Crippen LogP contribution in [0.2, 0.25) is 0 Å². The summed E-state index contributed by atoms with van der Waals surface area (Å²) in [6.07, 6.45) is -4.55. The van der Waals surface area contributed by atoms with E-state index in [-0.39, 0.29) is 22.0 Å². The van der Waals surface area contributed by atoms with Gasteiger partial charge in [-0.2, -0.15) is 13.2 Å². The predicted octanol–water partition coefficient (Wildman–Crippen LogP) is 4.76. The molecule has 2 aromatic rings. The number of halogens is 3. The van der Waals surface area contributed by atoms with Crippen LogP contribution in [0.5, 0.6) is 0 Å². The molecule has 120 valence electrons. The summed E-state index contributed by atoms with van der Waals surface area (Å²) in [5, 5.41) is -0.126. The van der Waals surface area contributed by atoms with Crippen molar-refractivity contribution in [3.63, 3.8) is 0 Å². The first-order valence-corrected chi connectivity index (χ1v) is 6.84. The lowest BCUT2D eigenvalue weighted by molar-refractivity contribution is -0.136. The molecule has 0 saturated carbocycles. The van der Waals surface area contributed by atoms with E-state index in [4.69, 9.17) is 4.74 Å². The average Bonchev–Trinajstić information content (AvgIpc) is 2.60. The molecule has 1 aromatic heterocycles. The minimum atomic E-state index is -4.55. The van der Waals surface area contributed by atoms with E-state index < -0.39 is 23.3 Å². The Balaban J connectivity index is 2.77. The number of aromatic amines is 1. The molecule has 1 aromatic carbocycles. The zero-order chi connectivity index (χ0) is 16.9. The summed E-state index contributed by atoms with van der Waals surface area (Å²) in [6.45, 7) is 7.96. The van der Waals surface area contributed by atoms with Crippen LogP contribution in [0, 0.1) is 13.8 Å². The molecule has 0 atom stereocenters. The number of nitrogens with one attached hydrogen (secondary N) is 1. The van der Waals surface area contributed by atoms with Gasteiger partial charge in [0.05, 0.1) is 11.1 Å². The topological polar surface area (TPSA) is 42.1 Å². The fraction of sp³-hybridized carbons (Fsp3) is 0.438. The molecule has 0 amide bonds. The van der Waals surface area contributed by atoms with E-state index in [2.05, 4.69) is 4.98 Å². The van der Waals surface area contributed by atoms with Crippen LogP contribution in [0.25, 0.3) is 10.9 Å². The van der Waals surface area contributed by atoms with E-state index in [1.54, 1.807) is 33.8 Å². The largest absolute Gasteiger partial charge is 0.456 e. The van der Waals surface area contributed by atoms with Gasteiger partial charge in [0.15, 0.2) is 0 Å². The van der Waals surface area contributed by atoms with E-state index >= 15 is 0 Å². The first kappa shape index (κ1) is 16.4. The maximum Gasteiger partial charge on any atom is 0.417 e. The maximum atomic E-state index is 13.4. The number of aryl methyl sites for hydroxylation is 2. The smallest absolute Gasteiger partial charge is 0.417 e. The van der Waals surface area contributed by atoms with E-state index in [0.29, 0.717) is 5.69 Å². The van der Waals surface area contributed by atoms with Crippen molar-refractivity contribution in [1.29, 1.82) is 0 Å². The van der Waals surface area contributed by atoms with Crippen molar-refractivity contribution in [2.75, 3.05) is 0 Å². The highest BCUT2D eigenvalue weighted by atomic mass is 19.4. The van der Waals surface area contributed by atoms with Crippen molar-refractivity contribution in [3.05, 3.63) is 34.5 Å². The number of fused-ring (bicyclic) bond motifs is 1. The van der Waals surface area contributed by atoms with Crippen LogP contribution in [0.15, 0.2) is 12.1 Å². The lowest BCUT2D eigenvalue weighted by Crippen LogP contribution is -2.24. The van der Waals surface area contributed by atoms with Gasteiger partial charge < -0.3 is 9.72 Å². The van der Waals surface area contributed by atoms with Crippen molar-refractivity contribution in [2.45, 2.75) is 46.4 Å². The Kier molecular flexibility index (Phi) is 3.75. The maximum absolute atomic E-state index is 13.4. The number of benzene rings is 1. The Morgan fingerprint density at radius 2 is 1.73 bits per heavy atom. The Morgan fingerprint density at radius 1 is 1.14 bits per heavy atom. The van der Waals surface area contributed by atoms with E-state index in [9.17, 15) is 18.0 Å². The predicted molar refractivity (Wildman–Crippen MR) is 77.9 cm³/mol. The van der Waals surface area contributed by atoms with E-state index in [1.165, 1.54) is 13.0 Å². The molecule has 0 aliphatic heterocycles. The Morgan fingerprint density at radius 3 is 2.23 bits per heavy atom. The molecule has 0 bridgehead atoms. The molecule has 0 saturated heterocycles. The number of H-pyrrole nitrogens is 1. The van der Waals surface area contributed by atoms with Gasteiger partial charge in [-0.3, -0.25) is 0 Å². The molecule has 0 spiro atoms. The SMILES string of the molecule is Cc1ccc2[nH]c(C)c(C(=O)OC(C)(C)C)c2c1C(F)(F)F. The van der Waals surface area contributed by atoms with Crippen LogP contribution < -0.4 is 0 Å². The first-order valence-electron chi connectivity index (χ1n) is 6.84. The molecule has 0 aliphatic rings. The molecule has 1 N–H and O–H groups in total. The van der Waals surface area contributed by atoms with Crippen LogP contribution in [0.4, 0.5) is 13.2 Å². The van der Waals surface area contributed by atoms with Crippen LogP contribution in [0.3, 0.4) is 0 Å². The van der Waals surface area contributed by atoms with Gasteiger partial charge in [-0.25, -0.2) is 4.79 Å². The van der Waals surface area contributed by atoms with Crippen molar-refractivity contribution in [2.24, 2.45) is 0 Å². The third kappa shape index (κ3) is 2.96. The zero-order valence-electron chi connectivity index (χ0n) is 13.1. The number of ether oxygens (including phenoxy) is 1. The Bertz CT molecular complexity index is 736. The minimum Gasteiger partial charge on any atom is -0.456 e. The molecular formula is C16H18F3NO2. The third-order valence-corrected chi connectivity index (χ3v) is 3.25. The van der Waals surface area contributed by atoms with Crippen LogP contribution >= 0.6 is 0 Å². The fourth-order valence-corrected chi connectivity index (χ4v) is 2.47. The van der Waals surface area contributed by atoms with Crippen molar-refractivity contribution in [1.82, 2.24) is 4.98 Å². The summed E-state index contributed by atoms with van der Waals surface area (Å²) in [4.78, 5) is 15.2. The highest BCUT2D eigenvalue weighted by Crippen LogP contribution is 2.40. The number of hydrogen-bond acceptors (Lipinski definition) is 2. The number of carbonyl (C=O) groups excluding carboxylic acids is 1. The Hall–Kier alpha value is -1.98. The van der Waals surface area contributed by atoms with Gasteiger partial charge in [0.1, 0.15) is 5.60 Å². The molecule has 2 rings (SSSR count). The van der Waals surface area contributed by atoms with Gasteiger partial charge in [-0.05, 0) is 46.2 Å². The lowest BCUT2D eigenvalue weighted by atomic mass is 9.99. The second-order valence-corrected chi connectivity index (χ2v) is 6.30. The van der Waals surface area contributed by atoms with Crippen LogP contribution in [-0.4, -0.2) is 16.6 Å². The summed E-state index contributed by atoms with van der Waals surface area (Å²) in [5.74, 6) is -0.757. The number of alkyl halides is 3. The summed E-state index contributed by atoms with van der Waals surface area (Å²) in [6, 6.07) is 2.93. The molecular weight excluding hydrogens is 295 g/mol. The molecule has 3 nitrogen and oxygen atoms in total. The number of rotatable bonds is 1. The van der Waals surface area contributed by atoms with Gasteiger partial charge >= 0.3 is 12.1 Å². The molecule has 0 radical (unpaired) electrons. The van der Waals surface area contributed by atoms with Gasteiger partial charge in [-0.1, -0.05) is 6.07 Å². The van der Waals surface area contributed by atoms with Crippen molar-refractivity contribution >= 4 is 16.9 Å². The highest BCUT2D eigenvalue weighted by molar-refractivity contribution is 6.07. The lowest BCUT2D eigenvalue weighted by Gasteiger charge is -2.20. The quantitative estimate of drug-likeness (QED) is 0.771. The van der Waals surface area contributed by atoms with E-state index in [0.717, 1.165) is 0 Å². The second kappa shape index (κ2) is 5.04. The number of hydrogen-bond donors (Lipinski definition) is 1.